The minimum absolute atomic E-state index is 0.00814. The Morgan fingerprint density at radius 1 is 1.03 bits per heavy atom. The molecule has 8 heteroatoms. The summed E-state index contributed by atoms with van der Waals surface area (Å²) in [6, 6.07) is 18.6. The summed E-state index contributed by atoms with van der Waals surface area (Å²) >= 11 is 15.9. The summed E-state index contributed by atoms with van der Waals surface area (Å²) in [4.78, 5) is -0.00814. The van der Waals surface area contributed by atoms with E-state index in [9.17, 15) is 13.7 Å². The average molecular weight is 523 g/mol. The highest BCUT2D eigenvalue weighted by molar-refractivity contribution is 9.10. The standard InChI is InChI=1S/C22H14BrCl2NO3S/c1-14-2-8-19(9-3-14)30(27,28)29-22-20(24)11-15(12-21(22)25)10-17(13-26)16-4-6-18(23)7-5-16/h2-12H,1H3/b17-10+. The smallest absolute Gasteiger partial charge is 0.339 e. The molecule has 152 valence electrons. The van der Waals surface area contributed by atoms with E-state index in [2.05, 4.69) is 22.0 Å². The highest BCUT2D eigenvalue weighted by atomic mass is 79.9. The molecule has 4 nitrogen and oxygen atoms in total. The van der Waals surface area contributed by atoms with Gasteiger partial charge in [0.15, 0.2) is 5.75 Å². The van der Waals surface area contributed by atoms with Gasteiger partial charge in [0, 0.05) is 4.47 Å². The number of hydrogen-bond donors (Lipinski definition) is 0. The van der Waals surface area contributed by atoms with Gasteiger partial charge in [-0.3, -0.25) is 0 Å². The summed E-state index contributed by atoms with van der Waals surface area (Å²) in [6.45, 7) is 1.85. The van der Waals surface area contributed by atoms with Gasteiger partial charge in [-0.15, -0.1) is 0 Å². The largest absolute Gasteiger partial charge is 0.376 e. The molecule has 0 aliphatic rings. The van der Waals surface area contributed by atoms with Crippen LogP contribution in [0.1, 0.15) is 16.7 Å². The third kappa shape index (κ3) is 5.24. The maximum Gasteiger partial charge on any atom is 0.339 e. The summed E-state index contributed by atoms with van der Waals surface area (Å²) in [5.41, 5.74) is 2.57. The number of nitriles is 1. The van der Waals surface area contributed by atoms with Crippen molar-refractivity contribution in [2.24, 2.45) is 0 Å². The molecule has 0 unspecified atom stereocenters. The van der Waals surface area contributed by atoms with Gasteiger partial charge in [-0.25, -0.2) is 0 Å². The van der Waals surface area contributed by atoms with Crippen molar-refractivity contribution >= 4 is 60.9 Å². The highest BCUT2D eigenvalue weighted by Crippen LogP contribution is 2.37. The predicted molar refractivity (Wildman–Crippen MR) is 123 cm³/mol. The Hall–Kier alpha value is -2.30. The molecule has 0 radical (unpaired) electrons. The Morgan fingerprint density at radius 3 is 2.13 bits per heavy atom. The first-order chi connectivity index (χ1) is 14.2. The summed E-state index contributed by atoms with van der Waals surface area (Å²) in [6.07, 6.45) is 1.61. The summed E-state index contributed by atoms with van der Waals surface area (Å²) < 4.78 is 31.2. The van der Waals surface area contributed by atoms with Gasteiger partial charge in [0.1, 0.15) is 4.90 Å². The van der Waals surface area contributed by atoms with Crippen molar-refractivity contribution in [3.63, 3.8) is 0 Å². The molecular formula is C22H14BrCl2NO3S. The van der Waals surface area contributed by atoms with Crippen LogP contribution in [0.2, 0.25) is 10.0 Å². The zero-order valence-electron chi connectivity index (χ0n) is 15.6. The van der Waals surface area contributed by atoms with E-state index in [1.165, 1.54) is 24.3 Å². The molecule has 3 aromatic rings. The van der Waals surface area contributed by atoms with Gasteiger partial charge in [-0.05, 0) is 60.5 Å². The first-order valence-corrected chi connectivity index (χ1v) is 11.5. The zero-order valence-corrected chi connectivity index (χ0v) is 19.5. The Kier molecular flexibility index (Phi) is 6.89. The second kappa shape index (κ2) is 9.23. The number of benzene rings is 3. The molecule has 0 bridgehead atoms. The first kappa shape index (κ1) is 22.4. The number of rotatable bonds is 5. The van der Waals surface area contributed by atoms with E-state index in [0.29, 0.717) is 11.1 Å². The number of nitrogens with zero attached hydrogens (tertiary/aromatic N) is 1. The third-order valence-corrected chi connectivity index (χ3v) is 6.44. The van der Waals surface area contributed by atoms with Gasteiger partial charge >= 0.3 is 10.1 Å². The van der Waals surface area contributed by atoms with Crippen molar-refractivity contribution in [1.29, 1.82) is 5.26 Å². The van der Waals surface area contributed by atoms with E-state index < -0.39 is 10.1 Å². The predicted octanol–water partition coefficient (Wildman–Crippen LogP) is 6.90. The molecule has 0 amide bonds. The summed E-state index contributed by atoms with van der Waals surface area (Å²) in [7, 11) is -4.10. The van der Waals surface area contributed by atoms with E-state index >= 15 is 0 Å². The molecule has 30 heavy (non-hydrogen) atoms. The van der Waals surface area contributed by atoms with Crippen LogP contribution in [0.5, 0.6) is 5.75 Å². The third-order valence-electron chi connectivity index (χ3n) is 4.11. The van der Waals surface area contributed by atoms with Crippen molar-refractivity contribution in [1.82, 2.24) is 0 Å². The molecule has 0 heterocycles. The van der Waals surface area contributed by atoms with E-state index in [1.807, 2.05) is 19.1 Å². The van der Waals surface area contributed by atoms with Gasteiger partial charge in [0.05, 0.1) is 21.7 Å². The van der Waals surface area contributed by atoms with Crippen molar-refractivity contribution in [2.45, 2.75) is 11.8 Å². The molecule has 0 saturated carbocycles. The zero-order chi connectivity index (χ0) is 21.9. The molecule has 0 aliphatic heterocycles. The van der Waals surface area contributed by atoms with Crippen molar-refractivity contribution in [3.8, 4) is 11.8 Å². The monoisotopic (exact) mass is 521 g/mol. The number of allylic oxidation sites excluding steroid dienone is 1. The van der Waals surface area contributed by atoms with Crippen molar-refractivity contribution < 1.29 is 12.6 Å². The Bertz CT molecular complexity index is 1240. The van der Waals surface area contributed by atoms with Gasteiger partial charge in [-0.2, -0.15) is 13.7 Å². The van der Waals surface area contributed by atoms with E-state index in [1.54, 1.807) is 30.3 Å². The number of halogens is 3. The normalized spacial score (nSPS) is 11.8. The van der Waals surface area contributed by atoms with Crippen LogP contribution >= 0.6 is 39.1 Å². The maximum atomic E-state index is 12.5. The maximum absolute atomic E-state index is 12.5. The fourth-order valence-corrected chi connectivity index (χ4v) is 4.48. The van der Waals surface area contributed by atoms with Crippen LogP contribution < -0.4 is 4.18 Å². The molecule has 0 fully saturated rings. The Labute approximate surface area is 193 Å². The van der Waals surface area contributed by atoms with Crippen LogP contribution in [-0.4, -0.2) is 8.42 Å². The fraction of sp³-hybridized carbons (Fsp3) is 0.0455. The van der Waals surface area contributed by atoms with Crippen molar-refractivity contribution in [3.05, 3.63) is 91.9 Å². The van der Waals surface area contributed by atoms with Crippen LogP contribution in [0.4, 0.5) is 0 Å². The molecule has 3 aromatic carbocycles. The quantitative estimate of drug-likeness (QED) is 0.208. The highest BCUT2D eigenvalue weighted by Gasteiger charge is 2.21. The van der Waals surface area contributed by atoms with E-state index in [-0.39, 0.29) is 20.7 Å². The molecule has 0 aliphatic carbocycles. The summed E-state index contributed by atoms with van der Waals surface area (Å²) in [5, 5.41) is 9.52. The molecule has 0 N–H and O–H groups in total. The minimum Gasteiger partial charge on any atom is -0.376 e. The Morgan fingerprint density at radius 2 is 1.60 bits per heavy atom. The van der Waals surface area contributed by atoms with Gasteiger partial charge in [0.25, 0.3) is 0 Å². The molecule has 0 atom stereocenters. The molecule has 0 saturated heterocycles. The van der Waals surface area contributed by atoms with Crippen LogP contribution in [0.15, 0.2) is 70.0 Å². The topological polar surface area (TPSA) is 67.2 Å². The van der Waals surface area contributed by atoms with Crippen LogP contribution in [0, 0.1) is 18.3 Å². The molecule has 0 aromatic heterocycles. The van der Waals surface area contributed by atoms with E-state index in [0.717, 1.165) is 15.6 Å². The molecule has 3 rings (SSSR count). The minimum atomic E-state index is -4.10. The second-order valence-electron chi connectivity index (χ2n) is 6.34. The van der Waals surface area contributed by atoms with Crippen LogP contribution in [-0.2, 0) is 10.1 Å². The lowest BCUT2D eigenvalue weighted by atomic mass is 10.0. The van der Waals surface area contributed by atoms with Crippen LogP contribution in [0.3, 0.4) is 0 Å². The lowest BCUT2D eigenvalue weighted by molar-refractivity contribution is 0.486. The first-order valence-electron chi connectivity index (χ1n) is 8.57. The molecular weight excluding hydrogens is 509 g/mol. The van der Waals surface area contributed by atoms with Gasteiger partial charge in [-0.1, -0.05) is 69.0 Å². The second-order valence-corrected chi connectivity index (χ2v) is 9.62. The lowest BCUT2D eigenvalue weighted by Gasteiger charge is -2.11. The lowest BCUT2D eigenvalue weighted by Crippen LogP contribution is -2.10. The number of aryl methyl sites for hydroxylation is 1. The van der Waals surface area contributed by atoms with Gasteiger partial charge in [0.2, 0.25) is 0 Å². The molecule has 0 spiro atoms. The number of hydrogen-bond acceptors (Lipinski definition) is 4. The Balaban J connectivity index is 1.94. The van der Waals surface area contributed by atoms with E-state index in [4.69, 9.17) is 27.4 Å². The van der Waals surface area contributed by atoms with Crippen LogP contribution in [0.25, 0.3) is 11.6 Å². The average Bonchev–Trinajstić information content (AvgIpc) is 2.70. The van der Waals surface area contributed by atoms with Gasteiger partial charge < -0.3 is 4.18 Å². The summed E-state index contributed by atoms with van der Waals surface area (Å²) in [5.74, 6) is -0.168. The SMILES string of the molecule is Cc1ccc(S(=O)(=O)Oc2c(Cl)cc(/C=C(\C#N)c3ccc(Br)cc3)cc2Cl)cc1. The van der Waals surface area contributed by atoms with Crippen molar-refractivity contribution in [2.75, 3.05) is 0 Å². The fourth-order valence-electron chi connectivity index (χ4n) is 2.58.